The van der Waals surface area contributed by atoms with Gasteiger partial charge in [-0.2, -0.15) is 0 Å². The minimum Gasteiger partial charge on any atom is -0.454 e. The highest BCUT2D eigenvalue weighted by molar-refractivity contribution is 6.99. The number of carbonyl (C=O) groups is 1. The third kappa shape index (κ3) is 5.58. The molecule has 0 N–H and O–H groups in total. The largest absolute Gasteiger partial charge is 0.454 e. The molecule has 0 amide bonds. The lowest BCUT2D eigenvalue weighted by Gasteiger charge is -2.43. The zero-order valence-corrected chi connectivity index (χ0v) is 27.2. The third-order valence-corrected chi connectivity index (χ3v) is 14.7. The highest BCUT2D eigenvalue weighted by atomic mass is 28.4. The standard InChI is InChI=1S/C35H46O7Si/c1-25(21-39-23-37-5)35(22-40-24-38-6)29-17-18-30(35)32-31(29)28(33(36)42-32)19-20-41-43(34(2,3)4,26-13-9-7-10-14-26)27-15-11-8-12-16-27/h7-16,29-30,32H,1,17-24H2,2-6H3/t29-,30+,32+,35?/m1/s1. The number of methoxy groups -OCH3 is 2. The van der Waals surface area contributed by atoms with E-state index in [0.29, 0.717) is 26.2 Å². The second kappa shape index (κ2) is 13.2. The van der Waals surface area contributed by atoms with Crippen molar-refractivity contribution in [3.05, 3.63) is 84.0 Å². The Kier molecular flexibility index (Phi) is 9.75. The van der Waals surface area contributed by atoms with Crippen LogP contribution in [0, 0.1) is 17.3 Å². The molecule has 2 aliphatic carbocycles. The Hall–Kier alpha value is -2.59. The Morgan fingerprint density at radius 2 is 1.56 bits per heavy atom. The van der Waals surface area contributed by atoms with Gasteiger partial charge in [-0.3, -0.25) is 0 Å². The average molecular weight is 607 g/mol. The first-order chi connectivity index (χ1) is 20.7. The molecule has 7 nitrogen and oxygen atoms in total. The van der Waals surface area contributed by atoms with E-state index in [9.17, 15) is 4.79 Å². The van der Waals surface area contributed by atoms with Crippen LogP contribution in [0.1, 0.15) is 40.0 Å². The van der Waals surface area contributed by atoms with Gasteiger partial charge >= 0.3 is 5.97 Å². The SMILES string of the molecule is C=C(COCOC)C1(COCOC)[C@@H]2CC[C@H]1[C@@H]1OC(=O)C(CCO[Si](c3ccccc3)(c3ccccc3)C(C)(C)C)=C12. The summed E-state index contributed by atoms with van der Waals surface area (Å²) in [5.41, 5.74) is 2.43. The molecule has 232 valence electrons. The Morgan fingerprint density at radius 3 is 2.14 bits per heavy atom. The van der Waals surface area contributed by atoms with Gasteiger partial charge in [0, 0.05) is 44.2 Å². The molecule has 43 heavy (non-hydrogen) atoms. The molecule has 2 saturated carbocycles. The number of hydrogen-bond acceptors (Lipinski definition) is 7. The van der Waals surface area contributed by atoms with E-state index in [1.54, 1.807) is 14.2 Å². The van der Waals surface area contributed by atoms with Gasteiger partial charge in [-0.1, -0.05) is 88.0 Å². The van der Waals surface area contributed by atoms with Gasteiger partial charge in [0.25, 0.3) is 8.32 Å². The molecule has 0 saturated heterocycles. The number of fused-ring (bicyclic) bond motifs is 5. The Morgan fingerprint density at radius 1 is 0.953 bits per heavy atom. The van der Waals surface area contributed by atoms with Gasteiger partial charge in [-0.05, 0) is 45.3 Å². The summed E-state index contributed by atoms with van der Waals surface area (Å²) >= 11 is 0. The number of rotatable bonds is 15. The highest BCUT2D eigenvalue weighted by Gasteiger charge is 2.66. The van der Waals surface area contributed by atoms with Gasteiger partial charge in [0.15, 0.2) is 0 Å². The van der Waals surface area contributed by atoms with Gasteiger partial charge in [0.05, 0.1) is 13.2 Å². The third-order valence-electron chi connectivity index (χ3n) is 9.69. The summed E-state index contributed by atoms with van der Waals surface area (Å²) in [6.45, 7) is 12.9. The van der Waals surface area contributed by atoms with Crippen molar-refractivity contribution in [3.63, 3.8) is 0 Å². The fourth-order valence-corrected chi connectivity index (χ4v) is 12.6. The van der Waals surface area contributed by atoms with Gasteiger partial charge in [-0.25, -0.2) is 4.79 Å². The van der Waals surface area contributed by atoms with Crippen LogP contribution in [-0.2, 0) is 32.9 Å². The molecule has 0 aromatic heterocycles. The first-order valence-corrected chi connectivity index (χ1v) is 17.1. The Labute approximate surface area is 257 Å². The molecule has 1 aliphatic heterocycles. The number of carbonyl (C=O) groups excluding carboxylic acids is 1. The van der Waals surface area contributed by atoms with E-state index in [1.807, 2.05) is 12.1 Å². The lowest BCUT2D eigenvalue weighted by atomic mass is 9.71. The molecular formula is C35H46O7Si. The fraction of sp³-hybridized carbons (Fsp3) is 0.514. The molecule has 1 unspecified atom stereocenters. The van der Waals surface area contributed by atoms with Crippen LogP contribution in [0.2, 0.25) is 5.04 Å². The number of hydrogen-bond donors (Lipinski definition) is 0. The summed E-state index contributed by atoms with van der Waals surface area (Å²) in [4.78, 5) is 13.4. The fourth-order valence-electron chi connectivity index (χ4n) is 8.03. The number of ether oxygens (including phenoxy) is 5. The van der Waals surface area contributed by atoms with Crippen molar-refractivity contribution < 1.29 is 32.9 Å². The van der Waals surface area contributed by atoms with Crippen LogP contribution in [0.15, 0.2) is 84.0 Å². The van der Waals surface area contributed by atoms with Crippen LogP contribution in [-0.4, -0.2) is 68.0 Å². The highest BCUT2D eigenvalue weighted by Crippen LogP contribution is 2.66. The maximum Gasteiger partial charge on any atom is 0.334 e. The van der Waals surface area contributed by atoms with Gasteiger partial charge in [-0.15, -0.1) is 0 Å². The van der Waals surface area contributed by atoms with Crippen molar-refractivity contribution in [1.29, 1.82) is 0 Å². The summed E-state index contributed by atoms with van der Waals surface area (Å²) in [6.07, 6.45) is 2.13. The Balaban J connectivity index is 1.46. The van der Waals surface area contributed by atoms with Gasteiger partial charge in [0.1, 0.15) is 19.7 Å². The summed E-state index contributed by atoms with van der Waals surface area (Å²) in [6, 6.07) is 21.2. The van der Waals surface area contributed by atoms with Crippen LogP contribution < -0.4 is 10.4 Å². The molecule has 0 spiro atoms. The molecule has 0 radical (unpaired) electrons. The lowest BCUT2D eigenvalue weighted by Crippen LogP contribution is -2.66. The van der Waals surface area contributed by atoms with Crippen molar-refractivity contribution in [2.24, 2.45) is 17.3 Å². The van der Waals surface area contributed by atoms with Crippen molar-refractivity contribution in [3.8, 4) is 0 Å². The monoisotopic (exact) mass is 606 g/mol. The molecule has 1 heterocycles. The zero-order valence-electron chi connectivity index (χ0n) is 26.2. The van der Waals surface area contributed by atoms with Crippen molar-refractivity contribution in [1.82, 2.24) is 0 Å². The first-order valence-electron chi connectivity index (χ1n) is 15.2. The van der Waals surface area contributed by atoms with E-state index in [4.69, 9.17) is 28.1 Å². The van der Waals surface area contributed by atoms with Crippen LogP contribution in [0.4, 0.5) is 0 Å². The topological polar surface area (TPSA) is 72.5 Å². The number of esters is 1. The average Bonchev–Trinajstić information content (AvgIpc) is 3.61. The maximum atomic E-state index is 13.4. The minimum atomic E-state index is -2.73. The molecule has 2 bridgehead atoms. The van der Waals surface area contributed by atoms with E-state index in [2.05, 4.69) is 75.9 Å². The molecule has 4 atom stereocenters. The summed E-state index contributed by atoms with van der Waals surface area (Å²) in [5, 5.41) is 2.30. The minimum absolute atomic E-state index is 0.0852. The van der Waals surface area contributed by atoms with Crippen molar-refractivity contribution in [2.75, 3.05) is 47.6 Å². The van der Waals surface area contributed by atoms with E-state index in [1.165, 1.54) is 10.4 Å². The molecular weight excluding hydrogens is 560 g/mol. The number of benzene rings is 2. The van der Waals surface area contributed by atoms with Crippen LogP contribution >= 0.6 is 0 Å². The molecule has 5 rings (SSSR count). The summed E-state index contributed by atoms with van der Waals surface area (Å²) in [7, 11) is 0.496. The van der Waals surface area contributed by atoms with Crippen molar-refractivity contribution in [2.45, 2.75) is 51.2 Å². The summed E-state index contributed by atoms with van der Waals surface area (Å²) in [5.74, 6) is -0.0371. The van der Waals surface area contributed by atoms with E-state index >= 15 is 0 Å². The van der Waals surface area contributed by atoms with Crippen molar-refractivity contribution >= 4 is 24.7 Å². The zero-order chi connectivity index (χ0) is 30.7. The van der Waals surface area contributed by atoms with Crippen LogP contribution in [0.3, 0.4) is 0 Å². The van der Waals surface area contributed by atoms with Crippen LogP contribution in [0.5, 0.6) is 0 Å². The molecule has 3 aliphatic rings. The van der Waals surface area contributed by atoms with E-state index < -0.39 is 13.7 Å². The van der Waals surface area contributed by atoms with E-state index in [-0.39, 0.29) is 42.5 Å². The lowest BCUT2D eigenvalue weighted by molar-refractivity contribution is -0.143. The predicted octanol–water partition coefficient (Wildman–Crippen LogP) is 5.00. The quantitative estimate of drug-likeness (QED) is 0.0929. The predicted molar refractivity (Wildman–Crippen MR) is 169 cm³/mol. The molecule has 2 aromatic rings. The molecule has 2 fully saturated rings. The maximum absolute atomic E-state index is 13.4. The van der Waals surface area contributed by atoms with E-state index in [0.717, 1.165) is 29.6 Å². The first kappa shape index (κ1) is 31.8. The van der Waals surface area contributed by atoms with Crippen LogP contribution in [0.25, 0.3) is 0 Å². The Bertz CT molecular complexity index is 1260. The second-order valence-corrected chi connectivity index (χ2v) is 17.2. The molecule has 8 heteroatoms. The summed E-state index contributed by atoms with van der Waals surface area (Å²) < 4.78 is 35.4. The van der Waals surface area contributed by atoms with Gasteiger partial charge in [0.2, 0.25) is 0 Å². The van der Waals surface area contributed by atoms with Gasteiger partial charge < -0.3 is 28.1 Å². The second-order valence-electron chi connectivity index (χ2n) is 12.9. The molecule has 2 aromatic carbocycles. The smallest absolute Gasteiger partial charge is 0.334 e. The normalized spacial score (nSPS) is 24.9.